The summed E-state index contributed by atoms with van der Waals surface area (Å²) in [7, 11) is 0. The van der Waals surface area contributed by atoms with Gasteiger partial charge in [-0.1, -0.05) is 0 Å². The summed E-state index contributed by atoms with van der Waals surface area (Å²) in [5.41, 5.74) is 5.97. The molecule has 1 aliphatic heterocycles. The maximum absolute atomic E-state index is 6.04. The number of aromatic nitrogens is 1. The van der Waals surface area contributed by atoms with E-state index in [1.54, 1.807) is 11.3 Å². The lowest BCUT2D eigenvalue weighted by atomic mass is 9.96. The first kappa shape index (κ1) is 14.9. The molecule has 0 aromatic carbocycles. The Kier molecular flexibility index (Phi) is 5.38. The fourth-order valence-corrected chi connectivity index (χ4v) is 3.16. The van der Waals surface area contributed by atoms with Crippen molar-refractivity contribution in [2.24, 2.45) is 5.73 Å². The van der Waals surface area contributed by atoms with Gasteiger partial charge in [0.1, 0.15) is 0 Å². The molecule has 1 saturated heterocycles. The monoisotopic (exact) mass is 275 g/mol. The van der Waals surface area contributed by atoms with E-state index >= 15 is 0 Å². The molecule has 1 fully saturated rings. The van der Waals surface area contributed by atoms with E-state index in [0.717, 1.165) is 19.6 Å². The minimum Gasteiger partial charge on any atom is -0.324 e. The van der Waals surface area contributed by atoms with E-state index in [-0.39, 0.29) is 17.9 Å². The molecule has 0 aliphatic carbocycles. The van der Waals surface area contributed by atoms with Crippen molar-refractivity contribution in [2.45, 2.75) is 38.1 Å². The van der Waals surface area contributed by atoms with Gasteiger partial charge in [-0.3, -0.25) is 0 Å². The molecular weight excluding hydrogens is 254 g/mol. The second-order valence-corrected chi connectivity index (χ2v) is 6.34. The highest BCUT2D eigenvalue weighted by Crippen LogP contribution is 2.29. The second-order valence-electron chi connectivity index (χ2n) is 5.41. The summed E-state index contributed by atoms with van der Waals surface area (Å²) in [6.07, 6.45) is 4.36. The Balaban J connectivity index is 0.00000144. The smallest absolute Gasteiger partial charge is 0.0956 e. The van der Waals surface area contributed by atoms with Crippen molar-refractivity contribution in [3.8, 4) is 0 Å². The number of nitrogens with two attached hydrogens (primary N) is 1. The van der Waals surface area contributed by atoms with Gasteiger partial charge in [-0.2, -0.15) is 0 Å². The van der Waals surface area contributed by atoms with Crippen molar-refractivity contribution in [3.05, 3.63) is 16.6 Å². The largest absolute Gasteiger partial charge is 0.324 e. The van der Waals surface area contributed by atoms with Gasteiger partial charge in [0.2, 0.25) is 0 Å². The molecule has 0 amide bonds. The Morgan fingerprint density at radius 2 is 2.12 bits per heavy atom. The molecule has 0 atom stereocenters. The van der Waals surface area contributed by atoms with E-state index in [4.69, 9.17) is 5.73 Å². The van der Waals surface area contributed by atoms with Gasteiger partial charge in [0, 0.05) is 29.6 Å². The predicted octanol–water partition coefficient (Wildman–Crippen LogP) is 2.48. The summed E-state index contributed by atoms with van der Waals surface area (Å²) < 4.78 is 0. The zero-order valence-corrected chi connectivity index (χ0v) is 12.2. The zero-order valence-electron chi connectivity index (χ0n) is 10.6. The predicted molar refractivity (Wildman–Crippen MR) is 76.0 cm³/mol. The quantitative estimate of drug-likeness (QED) is 0.922. The first-order valence-corrected chi connectivity index (χ1v) is 6.83. The normalized spacial score (nSPS) is 19.0. The van der Waals surface area contributed by atoms with Crippen LogP contribution in [0.2, 0.25) is 0 Å². The Hall–Kier alpha value is -0.160. The van der Waals surface area contributed by atoms with Gasteiger partial charge in [0.25, 0.3) is 0 Å². The molecule has 2 heterocycles. The summed E-state index contributed by atoms with van der Waals surface area (Å²) in [6.45, 7) is 7.51. The van der Waals surface area contributed by atoms with Crippen LogP contribution in [0, 0.1) is 0 Å². The summed E-state index contributed by atoms with van der Waals surface area (Å²) in [5.74, 6) is 0.678. The van der Waals surface area contributed by atoms with Crippen LogP contribution in [0.3, 0.4) is 0 Å². The third-order valence-corrected chi connectivity index (χ3v) is 3.96. The third kappa shape index (κ3) is 4.54. The molecule has 1 aromatic heterocycles. The number of thiazole rings is 1. The molecule has 2 rings (SSSR count). The first-order chi connectivity index (χ1) is 7.54. The molecule has 98 valence electrons. The van der Waals surface area contributed by atoms with Crippen molar-refractivity contribution >= 4 is 23.7 Å². The SMILES string of the molecule is CC(C)(N)CN1CCC(c2nccs2)CC1.Cl. The lowest BCUT2D eigenvalue weighted by Crippen LogP contribution is -2.47. The van der Waals surface area contributed by atoms with Crippen LogP contribution in [0.25, 0.3) is 0 Å². The Labute approximate surface area is 114 Å². The number of piperidine rings is 1. The van der Waals surface area contributed by atoms with Gasteiger partial charge in [0.15, 0.2) is 0 Å². The van der Waals surface area contributed by atoms with Crippen molar-refractivity contribution in [2.75, 3.05) is 19.6 Å². The molecule has 5 heteroatoms. The zero-order chi connectivity index (χ0) is 11.6. The highest BCUT2D eigenvalue weighted by molar-refractivity contribution is 7.09. The van der Waals surface area contributed by atoms with Crippen LogP contribution in [0.5, 0.6) is 0 Å². The summed E-state index contributed by atoms with van der Waals surface area (Å²) in [5, 5.41) is 3.39. The van der Waals surface area contributed by atoms with Gasteiger partial charge in [-0.05, 0) is 39.8 Å². The van der Waals surface area contributed by atoms with E-state index < -0.39 is 0 Å². The standard InChI is InChI=1S/C12H21N3S.ClH/c1-12(2,13)9-15-6-3-10(4-7-15)11-14-5-8-16-11;/h5,8,10H,3-4,6-7,9,13H2,1-2H3;1H. The molecule has 0 bridgehead atoms. The molecular formula is C12H22ClN3S. The fraction of sp³-hybridized carbons (Fsp3) is 0.750. The molecule has 1 aliphatic rings. The lowest BCUT2D eigenvalue weighted by Gasteiger charge is -2.35. The van der Waals surface area contributed by atoms with Crippen LogP contribution in [-0.4, -0.2) is 35.1 Å². The van der Waals surface area contributed by atoms with Crippen LogP contribution in [-0.2, 0) is 0 Å². The Bertz CT molecular complexity index is 313. The number of nitrogens with zero attached hydrogens (tertiary/aromatic N) is 2. The Morgan fingerprint density at radius 1 is 1.47 bits per heavy atom. The maximum Gasteiger partial charge on any atom is 0.0956 e. The number of halogens is 1. The average molecular weight is 276 g/mol. The Morgan fingerprint density at radius 3 is 2.59 bits per heavy atom. The van der Waals surface area contributed by atoms with Gasteiger partial charge in [-0.15, -0.1) is 23.7 Å². The molecule has 2 N–H and O–H groups in total. The second kappa shape index (κ2) is 6.14. The van der Waals surface area contributed by atoms with Gasteiger partial charge in [-0.25, -0.2) is 4.98 Å². The van der Waals surface area contributed by atoms with E-state index in [1.165, 1.54) is 17.8 Å². The summed E-state index contributed by atoms with van der Waals surface area (Å²) >= 11 is 1.79. The minimum absolute atomic E-state index is 0. The van der Waals surface area contributed by atoms with E-state index in [2.05, 4.69) is 29.1 Å². The van der Waals surface area contributed by atoms with Crippen LogP contribution in [0.1, 0.15) is 37.6 Å². The highest BCUT2D eigenvalue weighted by atomic mass is 35.5. The third-order valence-electron chi connectivity index (χ3n) is 3.02. The van der Waals surface area contributed by atoms with Crippen LogP contribution in [0.4, 0.5) is 0 Å². The van der Waals surface area contributed by atoms with Crippen LogP contribution in [0.15, 0.2) is 11.6 Å². The van der Waals surface area contributed by atoms with Crippen LogP contribution >= 0.6 is 23.7 Å². The summed E-state index contributed by atoms with van der Waals surface area (Å²) in [6, 6.07) is 0. The molecule has 1 aromatic rings. The topological polar surface area (TPSA) is 42.1 Å². The number of likely N-dealkylation sites (tertiary alicyclic amines) is 1. The summed E-state index contributed by atoms with van der Waals surface area (Å²) in [4.78, 5) is 6.89. The van der Waals surface area contributed by atoms with E-state index in [1.807, 2.05) is 6.20 Å². The molecule has 0 saturated carbocycles. The molecule has 0 spiro atoms. The fourth-order valence-electron chi connectivity index (χ4n) is 2.35. The van der Waals surface area contributed by atoms with Gasteiger partial charge < -0.3 is 10.6 Å². The average Bonchev–Trinajstić information content (AvgIpc) is 2.69. The maximum atomic E-state index is 6.04. The molecule has 0 radical (unpaired) electrons. The van der Waals surface area contributed by atoms with Crippen molar-refractivity contribution in [3.63, 3.8) is 0 Å². The van der Waals surface area contributed by atoms with Crippen LogP contribution < -0.4 is 5.73 Å². The number of rotatable bonds is 3. The lowest BCUT2D eigenvalue weighted by molar-refractivity contribution is 0.179. The number of hydrogen-bond donors (Lipinski definition) is 1. The highest BCUT2D eigenvalue weighted by Gasteiger charge is 2.24. The van der Waals surface area contributed by atoms with E-state index in [9.17, 15) is 0 Å². The molecule has 0 unspecified atom stereocenters. The van der Waals surface area contributed by atoms with E-state index in [0.29, 0.717) is 5.92 Å². The minimum atomic E-state index is -0.0754. The molecule has 17 heavy (non-hydrogen) atoms. The van der Waals surface area contributed by atoms with Gasteiger partial charge >= 0.3 is 0 Å². The first-order valence-electron chi connectivity index (χ1n) is 5.95. The number of hydrogen-bond acceptors (Lipinski definition) is 4. The van der Waals surface area contributed by atoms with Crippen molar-refractivity contribution in [1.29, 1.82) is 0 Å². The van der Waals surface area contributed by atoms with Crippen molar-refractivity contribution in [1.82, 2.24) is 9.88 Å². The van der Waals surface area contributed by atoms with Crippen molar-refractivity contribution < 1.29 is 0 Å². The van der Waals surface area contributed by atoms with Gasteiger partial charge in [0.05, 0.1) is 5.01 Å². The molecule has 3 nitrogen and oxygen atoms in total.